The standard InChI is InChI=1S/C42H49N5O.V/c1-4-5-6-7-8-9-10-11-12-14-19-33-24-27-35(28-25-33)43-38-29-26-34-20-17-18-23-37(34)42(38)47-46-40-30-32(2)39(31-41(40)48-3)45-44-36-21-15-13-16-22-36;/h13,15-18,20-31,43H,4-12,14,19H2,1-3H3;. The number of nitrogens with one attached hydrogen (secondary N) is 1. The van der Waals surface area contributed by atoms with E-state index in [0.717, 1.165) is 51.2 Å². The van der Waals surface area contributed by atoms with Crippen LogP contribution in [0.2, 0.25) is 0 Å². The minimum atomic E-state index is 0. The van der Waals surface area contributed by atoms with E-state index in [4.69, 9.17) is 15.0 Å². The third-order valence-electron chi connectivity index (χ3n) is 8.74. The predicted molar refractivity (Wildman–Crippen MR) is 202 cm³/mol. The van der Waals surface area contributed by atoms with E-state index in [1.165, 1.54) is 69.8 Å². The fraction of sp³-hybridized carbons (Fsp3) is 0.333. The number of anilines is 2. The number of hydrogen-bond donors (Lipinski definition) is 1. The van der Waals surface area contributed by atoms with E-state index in [-0.39, 0.29) is 18.6 Å². The molecule has 0 unspecified atom stereocenters. The summed E-state index contributed by atoms with van der Waals surface area (Å²) in [5, 5.41) is 24.1. The first-order valence-electron chi connectivity index (χ1n) is 17.6. The normalized spacial score (nSPS) is 11.3. The fourth-order valence-electron chi connectivity index (χ4n) is 5.91. The van der Waals surface area contributed by atoms with Gasteiger partial charge in [-0.05, 0) is 72.7 Å². The molecule has 49 heavy (non-hydrogen) atoms. The molecule has 0 aliphatic rings. The molecular formula is C42H49N5OV. The minimum absolute atomic E-state index is 0. The maximum atomic E-state index is 5.70. The van der Waals surface area contributed by atoms with Gasteiger partial charge in [0.05, 0.1) is 24.2 Å². The molecule has 5 aromatic rings. The van der Waals surface area contributed by atoms with Crippen molar-refractivity contribution in [2.75, 3.05) is 12.4 Å². The molecule has 0 saturated carbocycles. The van der Waals surface area contributed by atoms with Crippen LogP contribution in [0, 0.1) is 6.92 Å². The van der Waals surface area contributed by atoms with Crippen molar-refractivity contribution < 1.29 is 23.3 Å². The first kappa shape index (κ1) is 37.6. The van der Waals surface area contributed by atoms with Gasteiger partial charge in [-0.15, -0.1) is 10.2 Å². The van der Waals surface area contributed by atoms with Crippen molar-refractivity contribution in [3.63, 3.8) is 0 Å². The van der Waals surface area contributed by atoms with E-state index in [0.29, 0.717) is 11.4 Å². The van der Waals surface area contributed by atoms with E-state index < -0.39 is 0 Å². The number of fused-ring (bicyclic) bond motifs is 1. The third kappa shape index (κ3) is 11.4. The van der Waals surface area contributed by atoms with Crippen molar-refractivity contribution >= 4 is 44.9 Å². The van der Waals surface area contributed by atoms with Crippen LogP contribution in [0.1, 0.15) is 82.3 Å². The van der Waals surface area contributed by atoms with Crippen molar-refractivity contribution in [2.45, 2.75) is 84.5 Å². The van der Waals surface area contributed by atoms with Crippen LogP contribution in [0.5, 0.6) is 5.75 Å². The van der Waals surface area contributed by atoms with Crippen LogP contribution in [0.15, 0.2) is 124 Å². The van der Waals surface area contributed by atoms with Crippen molar-refractivity contribution in [3.8, 4) is 5.75 Å². The summed E-state index contributed by atoms with van der Waals surface area (Å²) in [5.74, 6) is 0.583. The van der Waals surface area contributed by atoms with E-state index in [9.17, 15) is 0 Å². The van der Waals surface area contributed by atoms with E-state index >= 15 is 0 Å². The van der Waals surface area contributed by atoms with Gasteiger partial charge in [-0.2, -0.15) is 10.2 Å². The molecule has 0 bridgehead atoms. The summed E-state index contributed by atoms with van der Waals surface area (Å²) in [5.41, 5.74) is 7.14. The monoisotopic (exact) mass is 690 g/mol. The van der Waals surface area contributed by atoms with E-state index in [1.807, 2.05) is 61.5 Å². The molecule has 0 aliphatic carbocycles. The first-order valence-corrected chi connectivity index (χ1v) is 17.6. The topological polar surface area (TPSA) is 70.7 Å². The van der Waals surface area contributed by atoms with Gasteiger partial charge in [0.1, 0.15) is 17.1 Å². The second-order valence-electron chi connectivity index (χ2n) is 12.5. The minimum Gasteiger partial charge on any atom is -0.494 e. The molecule has 0 heterocycles. The number of benzene rings is 5. The number of azo groups is 2. The van der Waals surface area contributed by atoms with Crippen LogP contribution in [0.4, 0.5) is 34.1 Å². The zero-order chi connectivity index (χ0) is 33.4. The van der Waals surface area contributed by atoms with Gasteiger partial charge >= 0.3 is 0 Å². The SMILES string of the molecule is CCCCCCCCCCCCc1ccc(Nc2ccc3ccccc3c2N=Nc2cc(C)c(N=Nc3ccccc3)cc2OC)cc1.[V]. The molecule has 1 radical (unpaired) electrons. The second-order valence-corrected chi connectivity index (χ2v) is 12.5. The van der Waals surface area contributed by atoms with Crippen molar-refractivity contribution in [1.82, 2.24) is 0 Å². The Labute approximate surface area is 304 Å². The van der Waals surface area contributed by atoms with Crippen LogP contribution in [-0.4, -0.2) is 7.11 Å². The summed E-state index contributed by atoms with van der Waals surface area (Å²) in [6.07, 6.45) is 14.7. The molecular weight excluding hydrogens is 641 g/mol. The zero-order valence-corrected chi connectivity index (χ0v) is 30.6. The number of hydrogen-bond acceptors (Lipinski definition) is 6. The summed E-state index contributed by atoms with van der Waals surface area (Å²) in [6.45, 7) is 4.27. The number of methoxy groups -OCH3 is 1. The van der Waals surface area contributed by atoms with Gasteiger partial charge in [0, 0.05) is 35.7 Å². The Morgan fingerprint density at radius 3 is 1.98 bits per heavy atom. The maximum absolute atomic E-state index is 5.70. The van der Waals surface area contributed by atoms with Crippen LogP contribution >= 0.6 is 0 Å². The Kier molecular flexibility index (Phi) is 15.6. The van der Waals surface area contributed by atoms with Gasteiger partial charge in [-0.25, -0.2) is 0 Å². The quantitative estimate of drug-likeness (QED) is 0.0734. The number of unbranched alkanes of at least 4 members (excludes halogenated alkanes) is 9. The number of aryl methyl sites for hydroxylation is 2. The van der Waals surface area contributed by atoms with Gasteiger partial charge in [0.25, 0.3) is 0 Å². The number of ether oxygens (including phenoxy) is 1. The van der Waals surface area contributed by atoms with Gasteiger partial charge in [-0.1, -0.05) is 125 Å². The average molecular weight is 691 g/mol. The van der Waals surface area contributed by atoms with Gasteiger partial charge in [0.2, 0.25) is 0 Å². The van der Waals surface area contributed by atoms with Crippen molar-refractivity contribution in [3.05, 3.63) is 114 Å². The summed E-state index contributed by atoms with van der Waals surface area (Å²) in [7, 11) is 1.63. The molecule has 5 rings (SSSR count). The van der Waals surface area contributed by atoms with Gasteiger partial charge < -0.3 is 10.1 Å². The molecule has 253 valence electrons. The van der Waals surface area contributed by atoms with Crippen molar-refractivity contribution in [2.24, 2.45) is 20.5 Å². The Bertz CT molecular complexity index is 1790. The molecule has 0 atom stereocenters. The Morgan fingerprint density at radius 1 is 0.612 bits per heavy atom. The molecule has 0 aliphatic heterocycles. The van der Waals surface area contributed by atoms with Crippen molar-refractivity contribution in [1.29, 1.82) is 0 Å². The van der Waals surface area contributed by atoms with Gasteiger partial charge in [0.15, 0.2) is 0 Å². The van der Waals surface area contributed by atoms with Crippen LogP contribution < -0.4 is 10.1 Å². The smallest absolute Gasteiger partial charge is 0.148 e. The molecule has 0 saturated heterocycles. The molecule has 0 fully saturated rings. The number of nitrogens with zero attached hydrogens (tertiary/aromatic N) is 4. The molecule has 0 amide bonds. The number of rotatable bonds is 18. The van der Waals surface area contributed by atoms with Gasteiger partial charge in [-0.3, -0.25) is 0 Å². The summed E-state index contributed by atoms with van der Waals surface area (Å²) < 4.78 is 5.70. The third-order valence-corrected chi connectivity index (χ3v) is 8.74. The molecule has 6 nitrogen and oxygen atoms in total. The molecule has 0 spiro atoms. The zero-order valence-electron chi connectivity index (χ0n) is 29.2. The summed E-state index contributed by atoms with van der Waals surface area (Å²) in [4.78, 5) is 0. The Morgan fingerprint density at radius 2 is 1.27 bits per heavy atom. The Hall–Kier alpha value is -4.26. The molecule has 0 aromatic heterocycles. The fourth-order valence-corrected chi connectivity index (χ4v) is 5.91. The molecule has 7 heteroatoms. The van der Waals surface area contributed by atoms with Crippen LogP contribution in [0.25, 0.3) is 10.8 Å². The maximum Gasteiger partial charge on any atom is 0.148 e. The second kappa shape index (κ2) is 20.3. The summed E-state index contributed by atoms with van der Waals surface area (Å²) in [6, 6.07) is 34.7. The molecule has 1 N–H and O–H groups in total. The first-order chi connectivity index (χ1) is 23.6. The van der Waals surface area contributed by atoms with E-state index in [1.54, 1.807) is 7.11 Å². The summed E-state index contributed by atoms with van der Waals surface area (Å²) >= 11 is 0. The largest absolute Gasteiger partial charge is 0.494 e. The Balaban J connectivity index is 0.00000541. The van der Waals surface area contributed by atoms with Crippen LogP contribution in [-0.2, 0) is 25.0 Å². The average Bonchev–Trinajstić information content (AvgIpc) is 3.12. The predicted octanol–water partition coefficient (Wildman–Crippen LogP) is 14.2. The van der Waals surface area contributed by atoms with E-state index in [2.05, 4.69) is 71.0 Å². The molecule has 5 aromatic carbocycles. The van der Waals surface area contributed by atoms with Crippen LogP contribution in [0.3, 0.4) is 0 Å².